The summed E-state index contributed by atoms with van der Waals surface area (Å²) in [6, 6.07) is 0. The van der Waals surface area contributed by atoms with Gasteiger partial charge in [-0.15, -0.1) is 0 Å². The van der Waals surface area contributed by atoms with Crippen LogP contribution in [0.25, 0.3) is 0 Å². The van der Waals surface area contributed by atoms with Crippen LogP contribution in [0.3, 0.4) is 0 Å². The van der Waals surface area contributed by atoms with E-state index >= 15 is 0 Å². The minimum absolute atomic E-state index is 0. The molecule has 0 heterocycles. The van der Waals surface area contributed by atoms with Crippen molar-refractivity contribution >= 4 is 83.4 Å². The summed E-state index contributed by atoms with van der Waals surface area (Å²) in [5.74, 6) is -2.60. The molecule has 0 aliphatic heterocycles. The largest absolute Gasteiger partial charge is 0.543 e. The van der Waals surface area contributed by atoms with E-state index in [-0.39, 0.29) is 53.4 Å². The molecule has 2 aliphatic rings. The average Bonchev–Trinajstić information content (AvgIpc) is 2.77. The highest BCUT2D eigenvalue weighted by Crippen LogP contribution is 2.41. The lowest BCUT2D eigenvalue weighted by molar-refractivity contribution is -0.139. The van der Waals surface area contributed by atoms with Crippen LogP contribution in [0.4, 0.5) is 0 Å². The molecule has 12 heteroatoms. The predicted octanol–water partition coefficient (Wildman–Crippen LogP) is 4.41. The normalized spacial score (nSPS) is 16.9. The number of hydrogen-bond acceptors (Lipinski definition) is 7. The Morgan fingerprint density at radius 1 is 0.711 bits per heavy atom. The van der Waals surface area contributed by atoms with Gasteiger partial charge in [-0.25, -0.2) is 0 Å². The second-order valence-corrected chi connectivity index (χ2v) is 11.8. The first-order chi connectivity index (χ1) is 16.7. The minimum atomic E-state index is -0.994. The summed E-state index contributed by atoms with van der Waals surface area (Å²) in [6.07, 6.45) is -0.260. The smallest absolute Gasteiger partial charge is 0.378 e. The fourth-order valence-electron chi connectivity index (χ4n) is 4.40. The highest BCUT2D eigenvalue weighted by Gasteiger charge is 2.40. The van der Waals surface area contributed by atoms with Gasteiger partial charge in [0.15, 0.2) is 23.1 Å². The molecule has 1 N–H and O–H groups in total. The Labute approximate surface area is 242 Å². The summed E-state index contributed by atoms with van der Waals surface area (Å²) in [4.78, 5) is 70.7. The van der Waals surface area contributed by atoms with Crippen LogP contribution >= 0.6 is 31.9 Å². The lowest BCUT2D eigenvalue weighted by atomic mass is 9.73. The van der Waals surface area contributed by atoms with Crippen molar-refractivity contribution in [3.8, 4) is 0 Å². The summed E-state index contributed by atoms with van der Waals surface area (Å²) < 4.78 is 4.68. The Bertz CT molecular complexity index is 1230. The molecule has 38 heavy (non-hydrogen) atoms. The van der Waals surface area contributed by atoms with Gasteiger partial charge in [0.25, 0.3) is 5.97 Å². The van der Waals surface area contributed by atoms with Gasteiger partial charge in [-0.2, -0.15) is 0 Å². The highest BCUT2D eigenvalue weighted by atomic mass is 79.9. The summed E-state index contributed by atoms with van der Waals surface area (Å²) in [7, 11) is 4.82. The van der Waals surface area contributed by atoms with Gasteiger partial charge in [-0.1, -0.05) is 27.7 Å². The van der Waals surface area contributed by atoms with Gasteiger partial charge in [0, 0.05) is 52.7 Å². The van der Waals surface area contributed by atoms with Gasteiger partial charge in [-0.3, -0.25) is 28.8 Å². The maximum atomic E-state index is 12.3. The van der Waals surface area contributed by atoms with Crippen molar-refractivity contribution in [3.05, 3.63) is 42.4 Å². The lowest BCUT2D eigenvalue weighted by Crippen LogP contribution is -2.31. The van der Waals surface area contributed by atoms with Crippen LogP contribution in [0.15, 0.2) is 42.4 Å². The molecule has 0 amide bonds. The van der Waals surface area contributed by atoms with E-state index in [1.165, 1.54) is 0 Å². The van der Waals surface area contributed by atoms with Crippen molar-refractivity contribution in [1.82, 2.24) is 0 Å². The molecule has 0 unspecified atom stereocenters. The molecule has 0 fully saturated rings. The first-order valence-corrected chi connectivity index (χ1v) is 12.8. The zero-order valence-corrected chi connectivity index (χ0v) is 25.8. The monoisotopic (exact) mass is 649 g/mol. The van der Waals surface area contributed by atoms with Crippen molar-refractivity contribution in [2.24, 2.45) is 10.8 Å². The summed E-state index contributed by atoms with van der Waals surface area (Å²) in [5.41, 5.74) is 0.305. The van der Waals surface area contributed by atoms with Crippen molar-refractivity contribution in [3.63, 3.8) is 0 Å². The molecule has 0 atom stereocenters. The molecule has 201 valence electrons. The van der Waals surface area contributed by atoms with Crippen molar-refractivity contribution in [1.29, 1.82) is 0 Å². The molecule has 0 bridgehead atoms. The number of carbonyl (C=O) groups is 6. The van der Waals surface area contributed by atoms with Crippen LogP contribution in [-0.4, -0.2) is 56.6 Å². The van der Waals surface area contributed by atoms with Crippen LogP contribution in [0, 0.1) is 10.8 Å². The summed E-state index contributed by atoms with van der Waals surface area (Å²) in [5, 5.41) is 8.90. The number of halogens is 2. The third-order valence-electron chi connectivity index (χ3n) is 6.29. The number of carbonyl (C=O) groups excluding carboxylic acids is 5. The molecule has 2 rings (SSSR count). The number of hydrogen-bond donors (Lipinski definition) is 1. The van der Waals surface area contributed by atoms with Crippen LogP contribution < -0.4 is 0 Å². The highest BCUT2D eigenvalue weighted by molar-refractivity contribution is 9.12. The Morgan fingerprint density at radius 2 is 1.03 bits per heavy atom. The van der Waals surface area contributed by atoms with E-state index in [1.807, 2.05) is 0 Å². The quantitative estimate of drug-likeness (QED) is 0.330. The number of ketones is 4. The van der Waals surface area contributed by atoms with Crippen LogP contribution in [0.5, 0.6) is 0 Å². The minimum Gasteiger partial charge on any atom is -0.543 e. The van der Waals surface area contributed by atoms with E-state index in [9.17, 15) is 28.8 Å². The molecule has 2 aliphatic carbocycles. The van der Waals surface area contributed by atoms with Crippen LogP contribution in [0.2, 0.25) is 0 Å². The zero-order valence-electron chi connectivity index (χ0n) is 22.6. The van der Waals surface area contributed by atoms with Gasteiger partial charge in [0.2, 0.25) is 0 Å². The van der Waals surface area contributed by atoms with E-state index in [0.29, 0.717) is 33.4 Å². The number of rotatable bonds is 6. The predicted molar refractivity (Wildman–Crippen MR) is 151 cm³/mol. The van der Waals surface area contributed by atoms with Crippen molar-refractivity contribution in [2.45, 2.75) is 68.2 Å². The molecular formula is C26H29B2Br2O8. The van der Waals surface area contributed by atoms with E-state index in [1.54, 1.807) is 55.4 Å². The topological polar surface area (TPSA) is 132 Å². The SMILES string of the molecule is CC1=C(Br)C(=O)C(C)=C(C(C)(C)CC(=O)O)C1=O.[B].[B]OC(=O)CC(C)(C)C1=C(C)C(=O)C(Br)=C(C)C1=O. The van der Waals surface area contributed by atoms with Crippen LogP contribution in [-0.2, 0) is 33.4 Å². The number of Topliss-reactive ketones (excluding diaryl/α,β-unsaturated/α-hetero) is 4. The lowest BCUT2D eigenvalue weighted by Gasteiger charge is -2.30. The Kier molecular flexibility index (Phi) is 12.3. The van der Waals surface area contributed by atoms with E-state index < -0.39 is 22.8 Å². The van der Waals surface area contributed by atoms with E-state index in [4.69, 9.17) is 13.2 Å². The molecule has 8 nitrogen and oxygen atoms in total. The van der Waals surface area contributed by atoms with Gasteiger partial charge < -0.3 is 9.76 Å². The molecule has 0 saturated heterocycles. The molecule has 0 saturated carbocycles. The Hall–Kier alpha value is -2.33. The number of allylic oxidation sites excluding steroid dienone is 8. The molecule has 0 aromatic rings. The third-order valence-corrected chi connectivity index (χ3v) is 8.20. The van der Waals surface area contributed by atoms with Crippen molar-refractivity contribution < 1.29 is 38.5 Å². The maximum Gasteiger partial charge on any atom is 0.378 e. The first-order valence-electron chi connectivity index (χ1n) is 11.2. The van der Waals surface area contributed by atoms with Gasteiger partial charge in [0.1, 0.15) is 0 Å². The molecule has 0 aromatic carbocycles. The van der Waals surface area contributed by atoms with Gasteiger partial charge >= 0.3 is 14.0 Å². The summed E-state index contributed by atoms with van der Waals surface area (Å²) >= 11 is 6.23. The molecule has 0 spiro atoms. The third kappa shape index (κ3) is 7.40. The number of carboxylic acid groups (broad SMARTS) is 1. The maximum absolute atomic E-state index is 12.3. The fraction of sp³-hybridized carbons (Fsp3) is 0.462. The zero-order chi connectivity index (χ0) is 29.2. The Morgan fingerprint density at radius 3 is 1.32 bits per heavy atom. The number of carboxylic acids is 1. The van der Waals surface area contributed by atoms with Crippen LogP contribution in [0.1, 0.15) is 68.2 Å². The molecular weight excluding hydrogens is 622 g/mol. The standard InChI is InChI=1S/C13H14BBrO4.C13H15BrO4.B/c1-6-9(13(3,4)5-8(16)19-14)11(17)7(2)10(15)12(6)18;1-6-9(13(3,4)5-8(15)16)11(17)7(2)10(14)12(6)18;/h5H2,1-4H3;5H2,1-4H3,(H,15,16);. The van der Waals surface area contributed by atoms with Gasteiger partial charge in [-0.05, 0) is 59.6 Å². The molecule has 5 radical (unpaired) electrons. The van der Waals surface area contributed by atoms with Gasteiger partial charge in [0.05, 0.1) is 21.8 Å². The number of aliphatic carboxylic acids is 1. The van der Waals surface area contributed by atoms with E-state index in [2.05, 4.69) is 36.5 Å². The van der Waals surface area contributed by atoms with E-state index in [0.717, 1.165) is 0 Å². The fourth-order valence-corrected chi connectivity index (χ4v) is 5.35. The first kappa shape index (κ1) is 35.7. The second-order valence-electron chi connectivity index (χ2n) is 10.2. The molecule has 0 aromatic heterocycles. The van der Waals surface area contributed by atoms with Crippen molar-refractivity contribution in [2.75, 3.05) is 0 Å². The Balaban J connectivity index is 0.000000703. The second kappa shape index (κ2) is 13.2. The average molecular weight is 651 g/mol. The summed E-state index contributed by atoms with van der Waals surface area (Å²) in [6.45, 7) is 13.0.